The van der Waals surface area contributed by atoms with E-state index in [1.54, 1.807) is 6.07 Å². The number of carbonyl (C=O) groups excluding carboxylic acids is 1. The summed E-state index contributed by atoms with van der Waals surface area (Å²) in [5.74, 6) is 1.87. The summed E-state index contributed by atoms with van der Waals surface area (Å²) in [6.45, 7) is 2.84. The smallest absolute Gasteiger partial charge is 0.252 e. The van der Waals surface area contributed by atoms with Crippen LogP contribution >= 0.6 is 0 Å². The Balaban J connectivity index is 1.37. The molecule has 0 bridgehead atoms. The standard InChI is InChI=1S/C27H25N3O3/c1-2-18-9-3-5-11-22(18)29-26-15-21(20-10-4-6-12-23(20)30-26)27(31)28-16-19-17-32-24-13-7-8-14-25(24)33-19/h3-15,19H,2,16-17H2,1H3,(H,28,31)(H,29,30)/t19-/m1/s1. The van der Waals surface area contributed by atoms with Crippen molar-refractivity contribution >= 4 is 28.3 Å². The zero-order chi connectivity index (χ0) is 22.6. The van der Waals surface area contributed by atoms with E-state index in [4.69, 9.17) is 14.5 Å². The molecule has 0 radical (unpaired) electrons. The minimum absolute atomic E-state index is 0.178. The van der Waals surface area contributed by atoms with Crippen molar-refractivity contribution in [2.24, 2.45) is 0 Å². The number of pyridine rings is 1. The number of nitrogens with one attached hydrogen (secondary N) is 2. The third kappa shape index (κ3) is 4.46. The van der Waals surface area contributed by atoms with Crippen molar-refractivity contribution in [2.45, 2.75) is 19.4 Å². The number of aromatic nitrogens is 1. The van der Waals surface area contributed by atoms with Gasteiger partial charge < -0.3 is 20.1 Å². The van der Waals surface area contributed by atoms with E-state index in [2.05, 4.69) is 23.6 Å². The average Bonchev–Trinajstić information content (AvgIpc) is 2.87. The van der Waals surface area contributed by atoms with Crippen LogP contribution in [0.2, 0.25) is 0 Å². The second-order valence-electron chi connectivity index (χ2n) is 7.92. The highest BCUT2D eigenvalue weighted by Gasteiger charge is 2.22. The van der Waals surface area contributed by atoms with Crippen LogP contribution in [0.15, 0.2) is 78.9 Å². The van der Waals surface area contributed by atoms with E-state index in [-0.39, 0.29) is 12.0 Å². The quantitative estimate of drug-likeness (QED) is 0.437. The maximum absolute atomic E-state index is 13.2. The molecule has 6 nitrogen and oxygen atoms in total. The average molecular weight is 440 g/mol. The summed E-state index contributed by atoms with van der Waals surface area (Å²) in [6.07, 6.45) is 0.641. The van der Waals surface area contributed by atoms with Gasteiger partial charge in [-0.25, -0.2) is 4.98 Å². The van der Waals surface area contributed by atoms with E-state index in [1.807, 2.05) is 66.7 Å². The highest BCUT2D eigenvalue weighted by Crippen LogP contribution is 2.31. The Hall–Kier alpha value is -4.06. The van der Waals surface area contributed by atoms with Crippen LogP contribution in [-0.4, -0.2) is 30.1 Å². The summed E-state index contributed by atoms with van der Waals surface area (Å²) in [4.78, 5) is 17.9. The third-order valence-electron chi connectivity index (χ3n) is 5.68. The Kier molecular flexibility index (Phi) is 5.81. The summed E-state index contributed by atoms with van der Waals surface area (Å²) in [7, 11) is 0. The normalized spacial score (nSPS) is 14.6. The van der Waals surface area contributed by atoms with E-state index in [0.29, 0.717) is 30.3 Å². The Labute approximate surface area is 192 Å². The van der Waals surface area contributed by atoms with Gasteiger partial charge in [0.2, 0.25) is 0 Å². The molecule has 0 fully saturated rings. The minimum Gasteiger partial charge on any atom is -0.486 e. The van der Waals surface area contributed by atoms with Gasteiger partial charge in [-0.2, -0.15) is 0 Å². The van der Waals surface area contributed by atoms with Gasteiger partial charge in [-0.05, 0) is 42.3 Å². The number of amides is 1. The Bertz CT molecular complexity index is 1300. The van der Waals surface area contributed by atoms with Crippen LogP contribution in [0.3, 0.4) is 0 Å². The van der Waals surface area contributed by atoms with Crippen LogP contribution in [0.25, 0.3) is 10.9 Å². The molecular formula is C27H25N3O3. The van der Waals surface area contributed by atoms with E-state index in [1.165, 1.54) is 5.56 Å². The molecule has 0 saturated heterocycles. The number of anilines is 2. The molecule has 6 heteroatoms. The van der Waals surface area contributed by atoms with Gasteiger partial charge in [0.25, 0.3) is 5.91 Å². The molecule has 1 aromatic heterocycles. The molecule has 0 spiro atoms. The number of fused-ring (bicyclic) bond motifs is 2. The highest BCUT2D eigenvalue weighted by molar-refractivity contribution is 6.07. The van der Waals surface area contributed by atoms with Crippen molar-refractivity contribution in [1.29, 1.82) is 0 Å². The molecule has 2 heterocycles. The van der Waals surface area contributed by atoms with Crippen LogP contribution < -0.4 is 20.1 Å². The first kappa shape index (κ1) is 20.8. The maximum Gasteiger partial charge on any atom is 0.252 e. The van der Waals surface area contributed by atoms with Crippen molar-refractivity contribution < 1.29 is 14.3 Å². The largest absolute Gasteiger partial charge is 0.486 e. The van der Waals surface area contributed by atoms with Gasteiger partial charge in [-0.1, -0.05) is 55.5 Å². The van der Waals surface area contributed by atoms with Crippen LogP contribution in [0, 0.1) is 0 Å². The summed E-state index contributed by atoms with van der Waals surface area (Å²) < 4.78 is 11.7. The first-order valence-corrected chi connectivity index (χ1v) is 11.1. The molecule has 0 aliphatic carbocycles. The van der Waals surface area contributed by atoms with Crippen molar-refractivity contribution in [2.75, 3.05) is 18.5 Å². The number of aryl methyl sites for hydroxylation is 1. The molecule has 0 unspecified atom stereocenters. The fourth-order valence-corrected chi connectivity index (χ4v) is 3.98. The number of nitrogens with zero attached hydrogens (tertiary/aromatic N) is 1. The van der Waals surface area contributed by atoms with Gasteiger partial charge in [-0.15, -0.1) is 0 Å². The van der Waals surface area contributed by atoms with Gasteiger partial charge in [0.1, 0.15) is 18.5 Å². The minimum atomic E-state index is -0.258. The van der Waals surface area contributed by atoms with Crippen LogP contribution in [0.5, 0.6) is 11.5 Å². The number of rotatable bonds is 6. The second kappa shape index (κ2) is 9.20. The van der Waals surface area contributed by atoms with Gasteiger partial charge in [0.15, 0.2) is 11.5 Å². The Morgan fingerprint density at radius 3 is 2.64 bits per heavy atom. The SMILES string of the molecule is CCc1ccccc1Nc1cc(C(=O)NC[C@@H]2COc3ccccc3O2)c2ccccc2n1. The highest BCUT2D eigenvalue weighted by atomic mass is 16.6. The molecule has 4 aromatic rings. The summed E-state index contributed by atoms with van der Waals surface area (Å²) in [5, 5.41) is 7.20. The van der Waals surface area contributed by atoms with E-state index in [9.17, 15) is 4.79 Å². The van der Waals surface area contributed by atoms with Gasteiger partial charge >= 0.3 is 0 Å². The first-order valence-electron chi connectivity index (χ1n) is 11.1. The van der Waals surface area contributed by atoms with Crippen LogP contribution in [0.4, 0.5) is 11.5 Å². The zero-order valence-electron chi connectivity index (χ0n) is 18.4. The number of hydrogen-bond donors (Lipinski definition) is 2. The lowest BCUT2D eigenvalue weighted by Crippen LogP contribution is -2.40. The van der Waals surface area contributed by atoms with Gasteiger partial charge in [0, 0.05) is 11.1 Å². The maximum atomic E-state index is 13.2. The molecule has 1 aliphatic rings. The lowest BCUT2D eigenvalue weighted by atomic mass is 10.1. The number of hydrogen-bond acceptors (Lipinski definition) is 5. The predicted molar refractivity (Wildman–Crippen MR) is 130 cm³/mol. The summed E-state index contributed by atoms with van der Waals surface area (Å²) in [6, 6.07) is 25.1. The van der Waals surface area contributed by atoms with Crippen LogP contribution in [-0.2, 0) is 6.42 Å². The third-order valence-corrected chi connectivity index (χ3v) is 5.68. The molecule has 0 saturated carbocycles. The molecule has 33 heavy (non-hydrogen) atoms. The van der Waals surface area contributed by atoms with E-state index in [0.717, 1.165) is 28.8 Å². The van der Waals surface area contributed by atoms with Crippen molar-refractivity contribution in [3.63, 3.8) is 0 Å². The number of benzene rings is 3. The zero-order valence-corrected chi connectivity index (χ0v) is 18.4. The van der Waals surface area contributed by atoms with Crippen LogP contribution in [0.1, 0.15) is 22.8 Å². The van der Waals surface area contributed by atoms with Crippen molar-refractivity contribution in [3.8, 4) is 11.5 Å². The molecule has 1 atom stereocenters. The second-order valence-corrected chi connectivity index (χ2v) is 7.92. The Morgan fingerprint density at radius 2 is 1.76 bits per heavy atom. The van der Waals surface area contributed by atoms with E-state index < -0.39 is 0 Å². The fraction of sp³-hybridized carbons (Fsp3) is 0.185. The molecule has 2 N–H and O–H groups in total. The summed E-state index contributed by atoms with van der Waals surface area (Å²) >= 11 is 0. The molecule has 1 amide bonds. The fourth-order valence-electron chi connectivity index (χ4n) is 3.98. The molecular weight excluding hydrogens is 414 g/mol. The number of para-hydroxylation sites is 4. The molecule has 3 aromatic carbocycles. The molecule has 166 valence electrons. The van der Waals surface area contributed by atoms with Crippen molar-refractivity contribution in [1.82, 2.24) is 10.3 Å². The lowest BCUT2D eigenvalue weighted by Gasteiger charge is -2.26. The predicted octanol–water partition coefficient (Wildman–Crippen LogP) is 5.11. The number of ether oxygens (including phenoxy) is 2. The monoisotopic (exact) mass is 439 g/mol. The topological polar surface area (TPSA) is 72.5 Å². The van der Waals surface area contributed by atoms with Gasteiger partial charge in [-0.3, -0.25) is 4.79 Å². The van der Waals surface area contributed by atoms with Crippen molar-refractivity contribution in [3.05, 3.63) is 90.0 Å². The molecule has 5 rings (SSSR count). The number of carbonyl (C=O) groups is 1. The van der Waals surface area contributed by atoms with Gasteiger partial charge in [0.05, 0.1) is 17.6 Å². The summed E-state index contributed by atoms with van der Waals surface area (Å²) in [5.41, 5.74) is 3.50. The Morgan fingerprint density at radius 1 is 1.00 bits per heavy atom. The molecule has 1 aliphatic heterocycles. The first-order chi connectivity index (χ1) is 16.2. The van der Waals surface area contributed by atoms with E-state index >= 15 is 0 Å². The lowest BCUT2D eigenvalue weighted by molar-refractivity contribution is 0.0790.